The molecule has 0 aliphatic carbocycles. The Morgan fingerprint density at radius 2 is 2.10 bits per heavy atom. The van der Waals surface area contributed by atoms with E-state index < -0.39 is 4.92 Å². The Bertz CT molecular complexity index is 536. The summed E-state index contributed by atoms with van der Waals surface area (Å²) in [6.07, 6.45) is 2.02. The molecule has 0 saturated carbocycles. The first-order valence-corrected chi connectivity index (χ1v) is 7.06. The van der Waals surface area contributed by atoms with E-state index in [0.29, 0.717) is 5.92 Å². The third-order valence-electron chi connectivity index (χ3n) is 3.94. The maximum atomic E-state index is 11.4. The number of Topliss-reactive ketones (excluding diaryl/α,β-unsaturated/α-hetero) is 1. The van der Waals surface area contributed by atoms with Gasteiger partial charge in [-0.2, -0.15) is 0 Å². The fourth-order valence-corrected chi connectivity index (χ4v) is 2.76. The molecule has 0 radical (unpaired) electrons. The number of anilines is 1. The second-order valence-electron chi connectivity index (χ2n) is 5.40. The van der Waals surface area contributed by atoms with Gasteiger partial charge >= 0.3 is 0 Å². The highest BCUT2D eigenvalue weighted by Crippen LogP contribution is 2.29. The van der Waals surface area contributed by atoms with Crippen LogP contribution in [0.1, 0.15) is 30.1 Å². The van der Waals surface area contributed by atoms with Crippen molar-refractivity contribution in [3.8, 4) is 0 Å². The van der Waals surface area contributed by atoms with Crippen LogP contribution in [0.4, 0.5) is 11.4 Å². The predicted molar refractivity (Wildman–Crippen MR) is 79.9 cm³/mol. The molecule has 0 aromatic heterocycles. The SMILES string of the molecule is COCC1CCN(c2ccc(C(C)=O)c([N+](=O)[O-])c2)CC1. The third-order valence-corrected chi connectivity index (χ3v) is 3.94. The molecule has 1 aromatic carbocycles. The number of piperidine rings is 1. The summed E-state index contributed by atoms with van der Waals surface area (Å²) in [5, 5.41) is 11.1. The van der Waals surface area contributed by atoms with Gasteiger partial charge in [-0.05, 0) is 37.8 Å². The lowest BCUT2D eigenvalue weighted by Crippen LogP contribution is -2.35. The average Bonchev–Trinajstić information content (AvgIpc) is 2.47. The topological polar surface area (TPSA) is 72.7 Å². The normalized spacial score (nSPS) is 16.0. The molecule has 1 saturated heterocycles. The number of carbonyl (C=O) groups is 1. The van der Waals surface area contributed by atoms with Gasteiger partial charge in [-0.1, -0.05) is 0 Å². The molecule has 114 valence electrons. The Balaban J connectivity index is 2.16. The van der Waals surface area contributed by atoms with Crippen LogP contribution in [0.3, 0.4) is 0 Å². The zero-order valence-corrected chi connectivity index (χ0v) is 12.4. The molecule has 6 heteroatoms. The number of rotatable bonds is 5. The van der Waals surface area contributed by atoms with Crippen LogP contribution in [0, 0.1) is 16.0 Å². The highest BCUT2D eigenvalue weighted by Gasteiger charge is 2.23. The average molecular weight is 292 g/mol. The molecule has 1 aromatic rings. The van der Waals surface area contributed by atoms with Gasteiger partial charge in [-0.3, -0.25) is 14.9 Å². The number of benzene rings is 1. The molecule has 0 N–H and O–H groups in total. The van der Waals surface area contributed by atoms with Crippen LogP contribution in [0.2, 0.25) is 0 Å². The summed E-state index contributed by atoms with van der Waals surface area (Å²) in [4.78, 5) is 24.2. The molecule has 2 rings (SSSR count). The second kappa shape index (κ2) is 6.67. The van der Waals surface area contributed by atoms with E-state index in [2.05, 4.69) is 4.90 Å². The quantitative estimate of drug-likeness (QED) is 0.474. The van der Waals surface area contributed by atoms with E-state index in [1.807, 2.05) is 0 Å². The van der Waals surface area contributed by atoms with E-state index in [4.69, 9.17) is 4.74 Å². The zero-order valence-electron chi connectivity index (χ0n) is 12.4. The number of carbonyl (C=O) groups excluding carboxylic acids is 1. The largest absolute Gasteiger partial charge is 0.384 e. The number of nitro groups is 1. The summed E-state index contributed by atoms with van der Waals surface area (Å²) < 4.78 is 5.17. The van der Waals surface area contributed by atoms with Crippen molar-refractivity contribution in [3.63, 3.8) is 0 Å². The van der Waals surface area contributed by atoms with Crippen LogP contribution >= 0.6 is 0 Å². The minimum Gasteiger partial charge on any atom is -0.384 e. The molecule has 0 spiro atoms. The van der Waals surface area contributed by atoms with Crippen molar-refractivity contribution in [1.29, 1.82) is 0 Å². The van der Waals surface area contributed by atoms with Crippen molar-refractivity contribution in [2.45, 2.75) is 19.8 Å². The predicted octanol–water partition coefficient (Wildman–Crippen LogP) is 2.66. The summed E-state index contributed by atoms with van der Waals surface area (Å²) >= 11 is 0. The van der Waals surface area contributed by atoms with Gasteiger partial charge in [-0.25, -0.2) is 0 Å². The van der Waals surface area contributed by atoms with Crippen LogP contribution in [0.15, 0.2) is 18.2 Å². The first-order chi connectivity index (χ1) is 10.0. The number of ketones is 1. The Kier molecular flexibility index (Phi) is 4.90. The highest BCUT2D eigenvalue weighted by molar-refractivity contribution is 5.98. The highest BCUT2D eigenvalue weighted by atomic mass is 16.6. The molecule has 0 unspecified atom stereocenters. The molecule has 1 fully saturated rings. The van der Waals surface area contributed by atoms with Crippen LogP contribution in [-0.2, 0) is 4.74 Å². The molecular weight excluding hydrogens is 272 g/mol. The van der Waals surface area contributed by atoms with E-state index >= 15 is 0 Å². The smallest absolute Gasteiger partial charge is 0.282 e. The lowest BCUT2D eigenvalue weighted by Gasteiger charge is -2.33. The number of ether oxygens (including phenoxy) is 1. The van der Waals surface area contributed by atoms with Gasteiger partial charge in [0.05, 0.1) is 10.5 Å². The molecule has 6 nitrogen and oxygen atoms in total. The van der Waals surface area contributed by atoms with Crippen LogP contribution in [0.5, 0.6) is 0 Å². The van der Waals surface area contributed by atoms with Crippen molar-refractivity contribution < 1.29 is 14.5 Å². The standard InChI is InChI=1S/C15H20N2O4/c1-11(18)14-4-3-13(9-15(14)17(19)20)16-7-5-12(6-8-16)10-21-2/h3-4,9,12H,5-8,10H2,1-2H3. The van der Waals surface area contributed by atoms with Crippen molar-refractivity contribution in [2.24, 2.45) is 5.92 Å². The number of nitrogens with zero attached hydrogens (tertiary/aromatic N) is 2. The van der Waals surface area contributed by atoms with Gasteiger partial charge < -0.3 is 9.64 Å². The Morgan fingerprint density at radius 1 is 1.43 bits per heavy atom. The molecule has 21 heavy (non-hydrogen) atoms. The fraction of sp³-hybridized carbons (Fsp3) is 0.533. The van der Waals surface area contributed by atoms with Crippen LogP contribution in [-0.4, -0.2) is 37.5 Å². The monoisotopic (exact) mass is 292 g/mol. The minimum atomic E-state index is -0.488. The first-order valence-electron chi connectivity index (χ1n) is 7.06. The molecule has 0 atom stereocenters. The minimum absolute atomic E-state index is 0.112. The molecule has 0 amide bonds. The van der Waals surface area contributed by atoms with Crippen LogP contribution < -0.4 is 4.90 Å². The second-order valence-corrected chi connectivity index (χ2v) is 5.40. The third kappa shape index (κ3) is 3.58. The number of methoxy groups -OCH3 is 1. The Labute approximate surface area is 123 Å². The summed E-state index contributed by atoms with van der Waals surface area (Å²) in [7, 11) is 1.70. The van der Waals surface area contributed by atoms with Crippen molar-refractivity contribution in [3.05, 3.63) is 33.9 Å². The van der Waals surface area contributed by atoms with Crippen molar-refractivity contribution >= 4 is 17.2 Å². The molecule has 0 bridgehead atoms. The van der Waals surface area contributed by atoms with Gasteiger partial charge in [0, 0.05) is 38.6 Å². The maximum absolute atomic E-state index is 11.4. The lowest BCUT2D eigenvalue weighted by molar-refractivity contribution is -0.385. The van der Waals surface area contributed by atoms with Gasteiger partial charge in [-0.15, -0.1) is 0 Å². The fourth-order valence-electron chi connectivity index (χ4n) is 2.76. The molecule has 1 aliphatic heterocycles. The molecule has 1 heterocycles. The van der Waals surface area contributed by atoms with E-state index in [-0.39, 0.29) is 17.0 Å². The molecule has 1 aliphatic rings. The van der Waals surface area contributed by atoms with Crippen molar-refractivity contribution in [1.82, 2.24) is 0 Å². The summed E-state index contributed by atoms with van der Waals surface area (Å²) in [5.41, 5.74) is 0.861. The number of hydrogen-bond acceptors (Lipinski definition) is 5. The van der Waals surface area contributed by atoms with Gasteiger partial charge in [0.25, 0.3) is 5.69 Å². The summed E-state index contributed by atoms with van der Waals surface area (Å²) in [6.45, 7) is 3.81. The number of hydrogen-bond donors (Lipinski definition) is 0. The van der Waals surface area contributed by atoms with E-state index in [1.54, 1.807) is 19.2 Å². The maximum Gasteiger partial charge on any atom is 0.282 e. The zero-order chi connectivity index (χ0) is 15.4. The van der Waals surface area contributed by atoms with E-state index in [0.717, 1.165) is 38.2 Å². The first kappa shape index (κ1) is 15.4. The van der Waals surface area contributed by atoms with Gasteiger partial charge in [0.2, 0.25) is 0 Å². The lowest BCUT2D eigenvalue weighted by atomic mass is 9.97. The van der Waals surface area contributed by atoms with Crippen LogP contribution in [0.25, 0.3) is 0 Å². The summed E-state index contributed by atoms with van der Waals surface area (Å²) in [6, 6.07) is 4.85. The summed E-state index contributed by atoms with van der Waals surface area (Å²) in [5.74, 6) is 0.268. The van der Waals surface area contributed by atoms with Gasteiger partial charge in [0.1, 0.15) is 0 Å². The number of nitro benzene ring substituents is 1. The van der Waals surface area contributed by atoms with Gasteiger partial charge in [0.15, 0.2) is 5.78 Å². The van der Waals surface area contributed by atoms with Crippen molar-refractivity contribution in [2.75, 3.05) is 31.7 Å². The van der Waals surface area contributed by atoms with E-state index in [1.165, 1.54) is 13.0 Å². The Hall–Kier alpha value is -1.95. The molecular formula is C15H20N2O4. The Morgan fingerprint density at radius 3 is 2.62 bits per heavy atom. The van der Waals surface area contributed by atoms with E-state index in [9.17, 15) is 14.9 Å².